The quantitative estimate of drug-likeness (QED) is 0.250. The number of hydrogen-bond acceptors (Lipinski definition) is 5. The van der Waals surface area contributed by atoms with Gasteiger partial charge in [-0.15, -0.1) is 0 Å². The number of carbonyl (C=O) groups excluding carboxylic acids is 4. The molecular weight excluding hydrogens is 454 g/mol. The van der Waals surface area contributed by atoms with E-state index in [1.54, 1.807) is 12.1 Å². The number of benzene rings is 3. The number of amides is 2. The third-order valence-corrected chi connectivity index (χ3v) is 7.03. The molecule has 182 valence electrons. The molecule has 1 aliphatic heterocycles. The van der Waals surface area contributed by atoms with Gasteiger partial charge in [0.1, 0.15) is 0 Å². The minimum absolute atomic E-state index is 0.122. The molecule has 1 fully saturated rings. The van der Waals surface area contributed by atoms with E-state index in [0.717, 1.165) is 10.5 Å². The summed E-state index contributed by atoms with van der Waals surface area (Å²) < 4.78 is 5.24. The first-order valence-corrected chi connectivity index (χ1v) is 12.4. The second-order valence-electron chi connectivity index (χ2n) is 9.40. The molecule has 36 heavy (non-hydrogen) atoms. The Morgan fingerprint density at radius 1 is 0.778 bits per heavy atom. The van der Waals surface area contributed by atoms with Gasteiger partial charge in [0.15, 0.2) is 12.4 Å². The molecule has 6 nitrogen and oxygen atoms in total. The van der Waals surface area contributed by atoms with Gasteiger partial charge in [0.2, 0.25) is 0 Å². The van der Waals surface area contributed by atoms with Crippen LogP contribution in [0.4, 0.5) is 0 Å². The van der Waals surface area contributed by atoms with Crippen molar-refractivity contribution in [3.63, 3.8) is 0 Å². The zero-order valence-corrected chi connectivity index (χ0v) is 19.9. The topological polar surface area (TPSA) is 80.8 Å². The second-order valence-corrected chi connectivity index (χ2v) is 9.40. The van der Waals surface area contributed by atoms with Gasteiger partial charge < -0.3 is 4.74 Å². The van der Waals surface area contributed by atoms with Gasteiger partial charge in [-0.2, -0.15) is 0 Å². The Kier molecular flexibility index (Phi) is 6.76. The number of fused-ring (bicyclic) bond motifs is 1. The largest absolute Gasteiger partial charge is 0.454 e. The average Bonchev–Trinajstić information content (AvgIpc) is 3.17. The lowest BCUT2D eigenvalue weighted by Gasteiger charge is -2.22. The summed E-state index contributed by atoms with van der Waals surface area (Å²) in [5, 5.41) is 0. The first-order chi connectivity index (χ1) is 17.5. The van der Waals surface area contributed by atoms with Crippen LogP contribution < -0.4 is 0 Å². The molecule has 0 bridgehead atoms. The van der Waals surface area contributed by atoms with Gasteiger partial charge in [0, 0.05) is 5.56 Å². The summed E-state index contributed by atoms with van der Waals surface area (Å²) in [6.07, 6.45) is 6.15. The van der Waals surface area contributed by atoms with E-state index in [2.05, 4.69) is 0 Å². The Labute approximate surface area is 209 Å². The van der Waals surface area contributed by atoms with Crippen LogP contribution >= 0.6 is 0 Å². The summed E-state index contributed by atoms with van der Waals surface area (Å²) >= 11 is 0. The molecule has 3 aromatic carbocycles. The maximum Gasteiger partial charge on any atom is 0.338 e. The number of ether oxygens (including phenoxy) is 1. The summed E-state index contributed by atoms with van der Waals surface area (Å²) in [6, 6.07) is 21.1. The Balaban J connectivity index is 1.21. The van der Waals surface area contributed by atoms with E-state index in [9.17, 15) is 19.2 Å². The van der Waals surface area contributed by atoms with Gasteiger partial charge in [0.25, 0.3) is 11.8 Å². The van der Waals surface area contributed by atoms with Gasteiger partial charge in [-0.1, -0.05) is 73.9 Å². The van der Waals surface area contributed by atoms with Gasteiger partial charge in [-0.05, 0) is 48.1 Å². The zero-order valence-electron chi connectivity index (χ0n) is 19.9. The number of Topliss-reactive ketones (excluding diaryl/α,β-unsaturated/α-hetero) is 1. The summed E-state index contributed by atoms with van der Waals surface area (Å²) in [4.78, 5) is 52.0. The molecule has 1 aliphatic carbocycles. The van der Waals surface area contributed by atoms with Crippen LogP contribution in [0.1, 0.15) is 90.6 Å². The molecular formula is C30H27NO5. The molecule has 2 aliphatic rings. The maximum absolute atomic E-state index is 12.9. The molecule has 1 saturated carbocycles. The lowest BCUT2D eigenvalue weighted by atomic mass is 9.84. The Hall–Kier alpha value is -4.06. The maximum atomic E-state index is 12.9. The summed E-state index contributed by atoms with van der Waals surface area (Å²) in [5.41, 5.74) is 3.11. The molecule has 1 heterocycles. The highest BCUT2D eigenvalue weighted by atomic mass is 16.5. The zero-order chi connectivity index (χ0) is 25.1. The molecule has 3 aromatic rings. The van der Waals surface area contributed by atoms with Gasteiger partial charge >= 0.3 is 5.97 Å². The lowest BCUT2D eigenvalue weighted by molar-refractivity contribution is 0.0474. The van der Waals surface area contributed by atoms with Crippen LogP contribution in [-0.4, -0.2) is 35.1 Å². The molecule has 0 spiro atoms. The van der Waals surface area contributed by atoms with Crippen LogP contribution in [0, 0.1) is 0 Å². The normalized spacial score (nSPS) is 15.6. The van der Waals surface area contributed by atoms with Gasteiger partial charge in [0.05, 0.1) is 23.2 Å². The van der Waals surface area contributed by atoms with E-state index in [1.807, 2.05) is 42.5 Å². The summed E-state index contributed by atoms with van der Waals surface area (Å²) in [7, 11) is 0. The van der Waals surface area contributed by atoms with Crippen molar-refractivity contribution in [1.82, 2.24) is 4.90 Å². The van der Waals surface area contributed by atoms with E-state index in [1.165, 1.54) is 55.9 Å². The van der Waals surface area contributed by atoms with Gasteiger partial charge in [-0.3, -0.25) is 19.3 Å². The number of carbonyl (C=O) groups is 4. The van der Waals surface area contributed by atoms with Crippen molar-refractivity contribution in [3.05, 3.63) is 106 Å². The van der Waals surface area contributed by atoms with E-state index in [4.69, 9.17) is 4.74 Å². The predicted molar refractivity (Wildman–Crippen MR) is 134 cm³/mol. The molecule has 0 radical (unpaired) electrons. The highest BCUT2D eigenvalue weighted by Gasteiger charge is 2.36. The fraction of sp³-hybridized carbons (Fsp3) is 0.267. The molecule has 0 saturated heterocycles. The van der Waals surface area contributed by atoms with E-state index in [-0.39, 0.29) is 29.0 Å². The smallest absolute Gasteiger partial charge is 0.338 e. The lowest BCUT2D eigenvalue weighted by Crippen LogP contribution is -2.29. The first-order valence-electron chi connectivity index (χ1n) is 12.4. The number of rotatable bonds is 7. The Bertz CT molecular complexity index is 1310. The van der Waals surface area contributed by atoms with Crippen LogP contribution in [0.5, 0.6) is 0 Å². The van der Waals surface area contributed by atoms with Crippen LogP contribution in [-0.2, 0) is 11.3 Å². The predicted octanol–water partition coefficient (Wildman–Crippen LogP) is 5.57. The van der Waals surface area contributed by atoms with Crippen molar-refractivity contribution in [2.24, 2.45) is 0 Å². The van der Waals surface area contributed by atoms with Crippen molar-refractivity contribution in [2.75, 3.05) is 6.61 Å². The minimum Gasteiger partial charge on any atom is -0.454 e. The summed E-state index contributed by atoms with van der Waals surface area (Å²) in [6.45, 7) is -0.243. The second kappa shape index (κ2) is 10.3. The Morgan fingerprint density at radius 2 is 1.44 bits per heavy atom. The van der Waals surface area contributed by atoms with Crippen molar-refractivity contribution < 1.29 is 23.9 Å². The van der Waals surface area contributed by atoms with Crippen LogP contribution in [0.3, 0.4) is 0 Å². The SMILES string of the molecule is O=C(COC(=O)c1ccc2c(c1)C(=O)N(Cc1ccccc1)C2=O)c1ccc(C2CCCCC2)cc1. The Morgan fingerprint density at radius 3 is 2.17 bits per heavy atom. The fourth-order valence-corrected chi connectivity index (χ4v) is 5.00. The standard InChI is InChI=1S/C30H27NO5/c32-27(23-13-11-22(12-14-23)21-9-5-2-6-10-21)19-36-30(35)24-15-16-25-26(17-24)29(34)31(28(25)33)18-20-7-3-1-4-8-20/h1,3-4,7-8,11-17,21H,2,5-6,9-10,18-19H2. The van der Waals surface area contributed by atoms with Crippen LogP contribution in [0.15, 0.2) is 72.8 Å². The fourth-order valence-electron chi connectivity index (χ4n) is 5.00. The van der Waals surface area contributed by atoms with Crippen molar-refractivity contribution in [2.45, 2.75) is 44.6 Å². The number of nitrogens with zero attached hydrogens (tertiary/aromatic N) is 1. The van der Waals surface area contributed by atoms with Crippen LogP contribution in [0.2, 0.25) is 0 Å². The molecule has 5 rings (SSSR count). The molecule has 0 unspecified atom stereocenters. The monoisotopic (exact) mass is 481 g/mol. The highest BCUT2D eigenvalue weighted by molar-refractivity contribution is 6.21. The first kappa shape index (κ1) is 23.7. The highest BCUT2D eigenvalue weighted by Crippen LogP contribution is 2.32. The van der Waals surface area contributed by atoms with E-state index < -0.39 is 24.4 Å². The molecule has 0 atom stereocenters. The molecule has 0 N–H and O–H groups in total. The van der Waals surface area contributed by atoms with Crippen molar-refractivity contribution >= 4 is 23.6 Å². The number of imide groups is 1. The number of hydrogen-bond donors (Lipinski definition) is 0. The summed E-state index contributed by atoms with van der Waals surface area (Å²) in [5.74, 6) is -1.31. The van der Waals surface area contributed by atoms with Crippen molar-refractivity contribution in [3.8, 4) is 0 Å². The van der Waals surface area contributed by atoms with Crippen LogP contribution in [0.25, 0.3) is 0 Å². The third-order valence-electron chi connectivity index (χ3n) is 7.03. The molecule has 6 heteroatoms. The third kappa shape index (κ3) is 4.85. The number of ketones is 1. The number of esters is 1. The van der Waals surface area contributed by atoms with Crippen molar-refractivity contribution in [1.29, 1.82) is 0 Å². The average molecular weight is 482 g/mol. The molecule has 2 amide bonds. The van der Waals surface area contributed by atoms with E-state index >= 15 is 0 Å². The minimum atomic E-state index is -0.716. The van der Waals surface area contributed by atoms with Gasteiger partial charge in [-0.25, -0.2) is 4.79 Å². The van der Waals surface area contributed by atoms with E-state index in [0.29, 0.717) is 11.5 Å². The molecule has 0 aromatic heterocycles.